The van der Waals surface area contributed by atoms with E-state index in [1.54, 1.807) is 0 Å². The van der Waals surface area contributed by atoms with Gasteiger partial charge in [-0.1, -0.05) is 0 Å². The number of carbonyl (C=O) groups is 6. The highest BCUT2D eigenvalue weighted by molar-refractivity contribution is 5.94. The van der Waals surface area contributed by atoms with Crippen LogP contribution in [0.5, 0.6) is 0 Å². The van der Waals surface area contributed by atoms with Crippen molar-refractivity contribution in [1.82, 2.24) is 10.6 Å². The summed E-state index contributed by atoms with van der Waals surface area (Å²) in [6, 6.07) is -4.91. The molecule has 0 fully saturated rings. The minimum absolute atomic E-state index is 0.278. The third-order valence-electron chi connectivity index (χ3n) is 3.01. The zero-order valence-corrected chi connectivity index (χ0v) is 13.4. The zero-order chi connectivity index (χ0) is 20.4. The summed E-state index contributed by atoms with van der Waals surface area (Å²) in [6.07, 6.45) is -2.61. The Bertz CT molecular complexity index is 591. The molecule has 0 aliphatic heterocycles. The van der Waals surface area contributed by atoms with Gasteiger partial charge in [0.15, 0.2) is 0 Å². The van der Waals surface area contributed by atoms with E-state index in [9.17, 15) is 28.8 Å². The molecule has 26 heavy (non-hydrogen) atoms. The lowest BCUT2D eigenvalue weighted by Gasteiger charge is -2.21. The molecule has 0 bridgehead atoms. The lowest BCUT2D eigenvalue weighted by Crippen LogP contribution is -2.55. The number of amides is 2. The van der Waals surface area contributed by atoms with E-state index in [1.807, 2.05) is 10.6 Å². The number of carboxylic acids is 4. The summed E-state index contributed by atoms with van der Waals surface area (Å²) in [7, 11) is 0. The Morgan fingerprint density at radius 3 is 1.62 bits per heavy atom. The highest BCUT2D eigenvalue weighted by Crippen LogP contribution is 2.01. The number of aliphatic carboxylic acids is 4. The van der Waals surface area contributed by atoms with Crippen molar-refractivity contribution in [3.63, 3.8) is 0 Å². The fourth-order valence-electron chi connectivity index (χ4n) is 1.72. The summed E-state index contributed by atoms with van der Waals surface area (Å²) in [5, 5.41) is 38.6. The summed E-state index contributed by atoms with van der Waals surface area (Å²) in [4.78, 5) is 66.7. The molecule has 0 aliphatic carbocycles. The summed E-state index contributed by atoms with van der Waals surface area (Å²) < 4.78 is 0. The quantitative estimate of drug-likeness (QED) is 0.183. The van der Waals surface area contributed by atoms with Gasteiger partial charge in [-0.05, 0) is 6.42 Å². The Labute approximate surface area is 146 Å². The second-order valence-corrected chi connectivity index (χ2v) is 5.20. The Balaban J connectivity index is 5.05. The zero-order valence-electron chi connectivity index (χ0n) is 13.4. The summed E-state index contributed by atoms with van der Waals surface area (Å²) >= 11 is 0. The van der Waals surface area contributed by atoms with E-state index < -0.39 is 73.1 Å². The van der Waals surface area contributed by atoms with Gasteiger partial charge in [0.1, 0.15) is 12.1 Å². The van der Waals surface area contributed by atoms with Crippen LogP contribution in [0.4, 0.5) is 0 Å². The molecule has 0 spiro atoms. The predicted octanol–water partition coefficient (Wildman–Crippen LogP) is -2.82. The van der Waals surface area contributed by atoms with Crippen molar-refractivity contribution in [2.75, 3.05) is 0 Å². The first-order valence-electron chi connectivity index (χ1n) is 7.18. The van der Waals surface area contributed by atoms with Crippen LogP contribution in [-0.4, -0.2) is 74.2 Å². The first-order chi connectivity index (χ1) is 11.9. The summed E-state index contributed by atoms with van der Waals surface area (Å²) in [5.74, 6) is -8.16. The van der Waals surface area contributed by atoms with Gasteiger partial charge in [0.25, 0.3) is 0 Å². The first-order valence-corrected chi connectivity index (χ1v) is 7.18. The second-order valence-electron chi connectivity index (χ2n) is 5.20. The van der Waals surface area contributed by atoms with Gasteiger partial charge >= 0.3 is 23.9 Å². The number of hydrogen-bond donors (Lipinski definition) is 7. The Kier molecular flexibility index (Phi) is 9.29. The van der Waals surface area contributed by atoms with E-state index in [1.165, 1.54) is 0 Å². The molecule has 146 valence electrons. The van der Waals surface area contributed by atoms with Crippen LogP contribution in [0.15, 0.2) is 0 Å². The standard InChI is InChI=1S/C13H19N3O10/c14-5(1-2-8(17)18)11(23)15-6(3-9(19)20)12(24)16-7(13(25)26)4-10(21)22/h5-7H,1-4,14H2,(H,15,23)(H,16,24)(H,17,18)(H,19,20)(H,21,22)(H,25,26)/t5-,6-,7-/m0/s1. The average molecular weight is 377 g/mol. The maximum absolute atomic E-state index is 12.0. The highest BCUT2D eigenvalue weighted by atomic mass is 16.4. The SMILES string of the molecule is N[C@@H](CCC(=O)O)C(=O)N[C@@H](CC(=O)O)C(=O)N[C@@H](CC(=O)O)C(=O)O. The first kappa shape index (κ1) is 22.8. The number of rotatable bonds is 12. The molecule has 0 saturated carbocycles. The lowest BCUT2D eigenvalue weighted by molar-refractivity contribution is -0.148. The van der Waals surface area contributed by atoms with Crippen LogP contribution in [0.1, 0.15) is 25.7 Å². The molecule has 3 atom stereocenters. The van der Waals surface area contributed by atoms with Crippen LogP contribution >= 0.6 is 0 Å². The average Bonchev–Trinajstić information content (AvgIpc) is 2.49. The number of hydrogen-bond acceptors (Lipinski definition) is 7. The van der Waals surface area contributed by atoms with E-state index in [-0.39, 0.29) is 6.42 Å². The van der Waals surface area contributed by atoms with Gasteiger partial charge in [0.2, 0.25) is 11.8 Å². The van der Waals surface area contributed by atoms with Crippen molar-refractivity contribution in [3.8, 4) is 0 Å². The van der Waals surface area contributed by atoms with E-state index in [0.717, 1.165) is 0 Å². The molecule has 0 aromatic carbocycles. The maximum Gasteiger partial charge on any atom is 0.326 e. The van der Waals surface area contributed by atoms with Crippen molar-refractivity contribution < 1.29 is 49.2 Å². The molecule has 0 aromatic rings. The molecular formula is C13H19N3O10. The van der Waals surface area contributed by atoms with Crippen LogP contribution in [0.2, 0.25) is 0 Å². The molecule has 13 nitrogen and oxygen atoms in total. The van der Waals surface area contributed by atoms with Crippen molar-refractivity contribution in [1.29, 1.82) is 0 Å². The number of nitrogens with one attached hydrogen (secondary N) is 2. The number of carbonyl (C=O) groups excluding carboxylic acids is 2. The van der Waals surface area contributed by atoms with E-state index in [0.29, 0.717) is 0 Å². The molecule has 0 unspecified atom stereocenters. The summed E-state index contributed by atoms with van der Waals surface area (Å²) in [6.45, 7) is 0. The largest absolute Gasteiger partial charge is 0.481 e. The van der Waals surface area contributed by atoms with Gasteiger partial charge in [-0.2, -0.15) is 0 Å². The molecule has 0 heterocycles. The molecule has 0 radical (unpaired) electrons. The normalized spacial score (nSPS) is 13.7. The van der Waals surface area contributed by atoms with Crippen molar-refractivity contribution in [3.05, 3.63) is 0 Å². The van der Waals surface area contributed by atoms with Crippen LogP contribution < -0.4 is 16.4 Å². The van der Waals surface area contributed by atoms with E-state index in [4.69, 9.17) is 26.2 Å². The predicted molar refractivity (Wildman–Crippen MR) is 80.8 cm³/mol. The van der Waals surface area contributed by atoms with Crippen molar-refractivity contribution >= 4 is 35.7 Å². The van der Waals surface area contributed by atoms with Gasteiger partial charge in [-0.25, -0.2) is 4.79 Å². The van der Waals surface area contributed by atoms with Crippen LogP contribution in [0.3, 0.4) is 0 Å². The molecule has 8 N–H and O–H groups in total. The number of nitrogens with two attached hydrogens (primary N) is 1. The van der Waals surface area contributed by atoms with Gasteiger partial charge in [0.05, 0.1) is 18.9 Å². The minimum atomic E-state index is -1.84. The smallest absolute Gasteiger partial charge is 0.326 e. The van der Waals surface area contributed by atoms with E-state index >= 15 is 0 Å². The number of carboxylic acid groups (broad SMARTS) is 4. The Morgan fingerprint density at radius 2 is 1.19 bits per heavy atom. The third kappa shape index (κ3) is 9.17. The molecule has 0 aliphatic rings. The minimum Gasteiger partial charge on any atom is -0.481 e. The Hall–Kier alpha value is -3.22. The maximum atomic E-state index is 12.0. The molecule has 0 aromatic heterocycles. The molecule has 13 heteroatoms. The Morgan fingerprint density at radius 1 is 0.731 bits per heavy atom. The monoisotopic (exact) mass is 377 g/mol. The van der Waals surface area contributed by atoms with Gasteiger partial charge < -0.3 is 36.8 Å². The molecular weight excluding hydrogens is 358 g/mol. The topological polar surface area (TPSA) is 233 Å². The fraction of sp³-hybridized carbons (Fsp3) is 0.538. The fourth-order valence-corrected chi connectivity index (χ4v) is 1.72. The lowest BCUT2D eigenvalue weighted by atomic mass is 10.1. The van der Waals surface area contributed by atoms with Gasteiger partial charge in [0, 0.05) is 6.42 Å². The van der Waals surface area contributed by atoms with Crippen LogP contribution in [-0.2, 0) is 28.8 Å². The van der Waals surface area contributed by atoms with Crippen LogP contribution in [0.25, 0.3) is 0 Å². The van der Waals surface area contributed by atoms with Crippen LogP contribution in [0, 0.1) is 0 Å². The van der Waals surface area contributed by atoms with Crippen molar-refractivity contribution in [2.24, 2.45) is 5.73 Å². The van der Waals surface area contributed by atoms with Crippen molar-refractivity contribution in [2.45, 2.75) is 43.8 Å². The second kappa shape index (κ2) is 10.6. The van der Waals surface area contributed by atoms with E-state index in [2.05, 4.69) is 0 Å². The van der Waals surface area contributed by atoms with Gasteiger partial charge in [-0.3, -0.25) is 24.0 Å². The summed E-state index contributed by atoms with van der Waals surface area (Å²) in [5.41, 5.74) is 5.43. The van der Waals surface area contributed by atoms with Gasteiger partial charge in [-0.15, -0.1) is 0 Å². The molecule has 2 amide bonds. The molecule has 0 saturated heterocycles. The third-order valence-corrected chi connectivity index (χ3v) is 3.01. The highest BCUT2D eigenvalue weighted by Gasteiger charge is 2.30. The molecule has 0 rings (SSSR count).